The summed E-state index contributed by atoms with van der Waals surface area (Å²) in [5.74, 6) is -0.260. The largest absolute Gasteiger partial charge is 0.381 e. The Hall–Kier alpha value is -1.73. The van der Waals surface area contributed by atoms with E-state index in [9.17, 15) is 9.59 Å². The standard InChI is InChI=1S/C12H15ClN4O3/c1-17(8-2-4-20-5-3-8)11-9(15-10(19)7-18)6-14-12(13)16-11/h6-8H,2-5H2,1H3,(H,15,19). The van der Waals surface area contributed by atoms with E-state index in [4.69, 9.17) is 16.3 Å². The summed E-state index contributed by atoms with van der Waals surface area (Å²) >= 11 is 5.81. The zero-order valence-electron chi connectivity index (χ0n) is 11.0. The first-order chi connectivity index (χ1) is 9.61. The number of halogens is 1. The van der Waals surface area contributed by atoms with E-state index in [2.05, 4.69) is 15.3 Å². The molecule has 1 aliphatic heterocycles. The van der Waals surface area contributed by atoms with Crippen LogP contribution in [0.25, 0.3) is 0 Å². The number of amides is 1. The summed E-state index contributed by atoms with van der Waals surface area (Å²) < 4.78 is 5.32. The molecule has 7 nitrogen and oxygen atoms in total. The first-order valence-electron chi connectivity index (χ1n) is 6.21. The molecule has 0 bridgehead atoms. The highest BCUT2D eigenvalue weighted by atomic mass is 35.5. The molecule has 0 aromatic carbocycles. The molecule has 108 valence electrons. The van der Waals surface area contributed by atoms with Crippen molar-refractivity contribution in [2.24, 2.45) is 0 Å². The average Bonchev–Trinajstić information content (AvgIpc) is 2.49. The Morgan fingerprint density at radius 1 is 1.55 bits per heavy atom. The van der Waals surface area contributed by atoms with E-state index < -0.39 is 5.91 Å². The fraction of sp³-hybridized carbons (Fsp3) is 0.500. The van der Waals surface area contributed by atoms with Crippen LogP contribution in [-0.4, -0.2) is 48.5 Å². The van der Waals surface area contributed by atoms with E-state index in [1.165, 1.54) is 6.20 Å². The quantitative estimate of drug-likeness (QED) is 0.505. The van der Waals surface area contributed by atoms with Crippen LogP contribution in [0.15, 0.2) is 6.20 Å². The molecule has 1 aromatic rings. The summed E-state index contributed by atoms with van der Waals surface area (Å²) in [6.07, 6.45) is 3.31. The highest BCUT2D eigenvalue weighted by molar-refractivity contribution is 6.30. The molecule has 0 unspecified atom stereocenters. The maximum absolute atomic E-state index is 11.2. The molecular formula is C12H15ClN4O3. The molecule has 1 aromatic heterocycles. The van der Waals surface area contributed by atoms with Crippen molar-refractivity contribution >= 4 is 35.3 Å². The number of ether oxygens (including phenoxy) is 1. The van der Waals surface area contributed by atoms with Crippen LogP contribution in [0.3, 0.4) is 0 Å². The predicted molar refractivity (Wildman–Crippen MR) is 74.0 cm³/mol. The molecule has 0 spiro atoms. The Morgan fingerprint density at radius 3 is 2.90 bits per heavy atom. The summed E-state index contributed by atoms with van der Waals surface area (Å²) in [5.41, 5.74) is 0.362. The third-order valence-corrected chi connectivity index (χ3v) is 3.36. The van der Waals surface area contributed by atoms with E-state index in [1.54, 1.807) is 0 Å². The Kier molecular flexibility index (Phi) is 4.86. The number of hydrogen-bond acceptors (Lipinski definition) is 6. The van der Waals surface area contributed by atoms with Crippen molar-refractivity contribution in [3.63, 3.8) is 0 Å². The van der Waals surface area contributed by atoms with Gasteiger partial charge in [-0.25, -0.2) is 4.98 Å². The topological polar surface area (TPSA) is 84.4 Å². The van der Waals surface area contributed by atoms with Crippen LogP contribution in [0.4, 0.5) is 11.5 Å². The molecule has 1 N–H and O–H groups in total. The van der Waals surface area contributed by atoms with Gasteiger partial charge in [-0.3, -0.25) is 9.59 Å². The second kappa shape index (κ2) is 6.62. The Labute approximate surface area is 121 Å². The van der Waals surface area contributed by atoms with Gasteiger partial charge in [0.1, 0.15) is 5.69 Å². The molecule has 0 atom stereocenters. The van der Waals surface area contributed by atoms with Crippen molar-refractivity contribution in [3.8, 4) is 0 Å². The molecule has 0 radical (unpaired) electrons. The summed E-state index contributed by atoms with van der Waals surface area (Å²) in [4.78, 5) is 31.6. The predicted octanol–water partition coefficient (Wildman–Crippen LogP) is 0.883. The van der Waals surface area contributed by atoms with Crippen molar-refractivity contribution in [3.05, 3.63) is 11.5 Å². The van der Waals surface area contributed by atoms with E-state index >= 15 is 0 Å². The maximum atomic E-state index is 11.2. The molecule has 2 rings (SSSR count). The highest BCUT2D eigenvalue weighted by Gasteiger charge is 2.22. The third-order valence-electron chi connectivity index (χ3n) is 3.18. The fourth-order valence-electron chi connectivity index (χ4n) is 2.12. The minimum absolute atomic E-state index is 0.0861. The fourth-order valence-corrected chi connectivity index (χ4v) is 2.25. The van der Waals surface area contributed by atoms with E-state index in [0.29, 0.717) is 24.7 Å². The van der Waals surface area contributed by atoms with Gasteiger partial charge in [0, 0.05) is 26.3 Å². The van der Waals surface area contributed by atoms with Crippen LogP contribution in [0.5, 0.6) is 0 Å². The van der Waals surface area contributed by atoms with Crippen LogP contribution < -0.4 is 10.2 Å². The van der Waals surface area contributed by atoms with Gasteiger partial charge in [-0.15, -0.1) is 0 Å². The van der Waals surface area contributed by atoms with Gasteiger partial charge in [0.2, 0.25) is 11.6 Å². The normalized spacial score (nSPS) is 15.7. The number of carbonyl (C=O) groups excluding carboxylic acids is 2. The summed E-state index contributed by atoms with van der Waals surface area (Å²) in [5, 5.41) is 2.53. The molecule has 20 heavy (non-hydrogen) atoms. The second-order valence-electron chi connectivity index (χ2n) is 4.44. The Bertz CT molecular complexity index is 505. The molecule has 1 aliphatic rings. The minimum atomic E-state index is -0.752. The third kappa shape index (κ3) is 3.43. The average molecular weight is 299 g/mol. The second-order valence-corrected chi connectivity index (χ2v) is 4.78. The molecule has 1 amide bonds. The number of aromatic nitrogens is 2. The number of nitrogens with one attached hydrogen (secondary N) is 1. The van der Waals surface area contributed by atoms with Crippen molar-refractivity contribution < 1.29 is 14.3 Å². The molecule has 8 heteroatoms. The smallest absolute Gasteiger partial charge is 0.288 e. The SMILES string of the molecule is CN(c1nc(Cl)ncc1NC(=O)C=O)C1CCOCC1. The Balaban J connectivity index is 2.25. The molecule has 2 heterocycles. The van der Waals surface area contributed by atoms with Crippen LogP contribution in [0.2, 0.25) is 5.28 Å². The van der Waals surface area contributed by atoms with E-state index in [-0.39, 0.29) is 17.6 Å². The Morgan fingerprint density at radius 2 is 2.25 bits per heavy atom. The molecule has 0 saturated carbocycles. The van der Waals surface area contributed by atoms with Crippen LogP contribution in [0, 0.1) is 0 Å². The summed E-state index contributed by atoms with van der Waals surface area (Å²) in [6.45, 7) is 1.37. The van der Waals surface area contributed by atoms with Crippen molar-refractivity contribution in [1.82, 2.24) is 9.97 Å². The van der Waals surface area contributed by atoms with Crippen molar-refractivity contribution in [2.75, 3.05) is 30.5 Å². The maximum Gasteiger partial charge on any atom is 0.288 e. The van der Waals surface area contributed by atoms with Gasteiger partial charge in [0.25, 0.3) is 5.91 Å². The van der Waals surface area contributed by atoms with Crippen LogP contribution >= 0.6 is 11.6 Å². The number of hydrogen-bond donors (Lipinski definition) is 1. The summed E-state index contributed by atoms with van der Waals surface area (Å²) in [7, 11) is 1.87. The minimum Gasteiger partial charge on any atom is -0.381 e. The highest BCUT2D eigenvalue weighted by Crippen LogP contribution is 2.27. The first-order valence-corrected chi connectivity index (χ1v) is 6.59. The van der Waals surface area contributed by atoms with Crippen molar-refractivity contribution in [1.29, 1.82) is 0 Å². The number of carbonyl (C=O) groups is 2. The van der Waals surface area contributed by atoms with Gasteiger partial charge < -0.3 is 15.0 Å². The first kappa shape index (κ1) is 14.7. The van der Waals surface area contributed by atoms with Crippen LogP contribution in [0.1, 0.15) is 12.8 Å². The zero-order chi connectivity index (χ0) is 14.5. The van der Waals surface area contributed by atoms with Gasteiger partial charge in [0.15, 0.2) is 5.82 Å². The monoisotopic (exact) mass is 298 g/mol. The molecular weight excluding hydrogens is 284 g/mol. The van der Waals surface area contributed by atoms with Gasteiger partial charge in [-0.2, -0.15) is 4.98 Å². The van der Waals surface area contributed by atoms with Gasteiger partial charge in [-0.05, 0) is 24.4 Å². The van der Waals surface area contributed by atoms with E-state index in [0.717, 1.165) is 12.8 Å². The lowest BCUT2D eigenvalue weighted by Crippen LogP contribution is -2.37. The lowest BCUT2D eigenvalue weighted by molar-refractivity contribution is -0.127. The number of rotatable bonds is 4. The molecule has 0 aliphatic carbocycles. The van der Waals surface area contributed by atoms with Crippen molar-refractivity contribution in [2.45, 2.75) is 18.9 Å². The van der Waals surface area contributed by atoms with E-state index in [1.807, 2.05) is 11.9 Å². The lowest BCUT2D eigenvalue weighted by atomic mass is 10.1. The van der Waals surface area contributed by atoms with Gasteiger partial charge >= 0.3 is 0 Å². The van der Waals surface area contributed by atoms with Gasteiger partial charge in [0.05, 0.1) is 6.20 Å². The summed E-state index contributed by atoms with van der Waals surface area (Å²) in [6, 6.07) is 0.238. The lowest BCUT2D eigenvalue weighted by Gasteiger charge is -2.32. The number of nitrogens with zero attached hydrogens (tertiary/aromatic N) is 3. The van der Waals surface area contributed by atoms with Gasteiger partial charge in [-0.1, -0.05) is 0 Å². The number of aldehydes is 1. The molecule has 1 saturated heterocycles. The molecule has 1 fully saturated rings. The number of anilines is 2. The zero-order valence-corrected chi connectivity index (χ0v) is 11.8. The van der Waals surface area contributed by atoms with Crippen LogP contribution in [-0.2, 0) is 14.3 Å².